The van der Waals surface area contributed by atoms with Gasteiger partial charge in [-0.15, -0.1) is 0 Å². The van der Waals surface area contributed by atoms with Gasteiger partial charge in [0.1, 0.15) is 6.61 Å². The summed E-state index contributed by atoms with van der Waals surface area (Å²) in [5.41, 5.74) is 1.88. The summed E-state index contributed by atoms with van der Waals surface area (Å²) in [5, 5.41) is 0. The summed E-state index contributed by atoms with van der Waals surface area (Å²) in [4.78, 5) is 50.3. The van der Waals surface area contributed by atoms with Crippen molar-refractivity contribution >= 4 is 23.7 Å². The highest BCUT2D eigenvalue weighted by atomic mass is 16.7. The Morgan fingerprint density at radius 3 is 1.23 bits per heavy atom. The van der Waals surface area contributed by atoms with E-state index in [-0.39, 0.29) is 30.6 Å². The quantitative estimate of drug-likeness (QED) is 0.118. The molecule has 0 atom stereocenters. The molecule has 0 aromatic heterocycles. The number of amides is 3. The minimum atomic E-state index is -0.439. The molecule has 0 spiro atoms. The van der Waals surface area contributed by atoms with Gasteiger partial charge in [0.2, 0.25) is 17.7 Å². The van der Waals surface area contributed by atoms with Crippen LogP contribution in [0.25, 0.3) is 0 Å². The van der Waals surface area contributed by atoms with Gasteiger partial charge in [-0.3, -0.25) is 14.4 Å². The van der Waals surface area contributed by atoms with E-state index in [9.17, 15) is 19.2 Å². The van der Waals surface area contributed by atoms with Crippen molar-refractivity contribution in [1.82, 2.24) is 14.7 Å². The highest BCUT2D eigenvalue weighted by Gasteiger charge is 2.11. The van der Waals surface area contributed by atoms with Gasteiger partial charge in [0.05, 0.1) is 19.8 Å². The number of hydrogen-bond acceptors (Lipinski definition) is 7. The number of nitrogens with zero attached hydrogens (tertiary/aromatic N) is 3. The van der Waals surface area contributed by atoms with Crippen molar-refractivity contribution in [2.75, 3.05) is 60.6 Å². The van der Waals surface area contributed by atoms with E-state index in [4.69, 9.17) is 14.2 Å². The summed E-state index contributed by atoms with van der Waals surface area (Å²) in [6, 6.07) is 0. The van der Waals surface area contributed by atoms with Crippen LogP contribution >= 0.6 is 0 Å². The van der Waals surface area contributed by atoms with E-state index in [2.05, 4.69) is 26.3 Å². The Morgan fingerprint density at radius 2 is 0.923 bits per heavy atom. The van der Waals surface area contributed by atoms with Crippen LogP contribution in [0, 0.1) is 0 Å². The maximum atomic E-state index is 11.6. The van der Waals surface area contributed by atoms with Crippen LogP contribution < -0.4 is 0 Å². The Kier molecular flexibility index (Phi) is 20.1. The van der Waals surface area contributed by atoms with Crippen molar-refractivity contribution < 1.29 is 33.4 Å². The lowest BCUT2D eigenvalue weighted by atomic mass is 10.3. The minimum absolute atomic E-state index is 0.0484. The fourth-order valence-electron chi connectivity index (χ4n) is 2.83. The number of likely N-dealkylation sites (N-methyl/N-ethyl adjacent to an activating group) is 3. The van der Waals surface area contributed by atoms with Gasteiger partial charge in [-0.1, -0.05) is 26.3 Å². The molecule has 0 heterocycles. The van der Waals surface area contributed by atoms with Crippen LogP contribution in [0.2, 0.25) is 0 Å². The number of hydrogen-bond donors (Lipinski definition) is 0. The van der Waals surface area contributed by atoms with Crippen LogP contribution in [0.5, 0.6) is 0 Å². The summed E-state index contributed by atoms with van der Waals surface area (Å²) < 4.78 is 15.9. The van der Waals surface area contributed by atoms with E-state index >= 15 is 0 Å². The van der Waals surface area contributed by atoms with Gasteiger partial charge in [0.25, 0.3) is 0 Å². The first-order chi connectivity index (χ1) is 18.0. The third kappa shape index (κ3) is 18.6. The number of ether oxygens (including phenoxy) is 3. The van der Waals surface area contributed by atoms with Crippen molar-refractivity contribution in [1.29, 1.82) is 0 Å². The molecule has 0 N–H and O–H groups in total. The highest BCUT2D eigenvalue weighted by molar-refractivity contribution is 5.92. The standard InChI is InChI=1S/C18H32N2O4.C11H17NO3/c1-14(2)17(21)19(6)10-8-12-23-16(5)24-13-9-11-20(7)18(22)15(3)4;1-8(2)10(13)12(5)6-7-15-11(14)9(3)4/h16H,1,3,8-13H2,2,4-7H3;1,3,6-7H2,2,4-5H3. The average Bonchev–Trinajstić information content (AvgIpc) is 2.87. The SMILES string of the molecule is C=C(C)C(=O)N(C)CCCOC(C)OCCCN(C)C(=O)C(=C)C.C=C(C)C(=O)OCCN(C)C(=O)C(=C)C. The molecule has 39 heavy (non-hydrogen) atoms. The summed E-state index contributed by atoms with van der Waals surface area (Å²) in [5.74, 6) is -0.687. The Labute approximate surface area is 234 Å². The zero-order chi connectivity index (χ0) is 30.7. The molecular weight excluding hydrogens is 502 g/mol. The highest BCUT2D eigenvalue weighted by Crippen LogP contribution is 2.02. The second-order valence-electron chi connectivity index (χ2n) is 9.45. The topological polar surface area (TPSA) is 106 Å². The molecule has 0 saturated heterocycles. The van der Waals surface area contributed by atoms with Gasteiger partial charge < -0.3 is 28.9 Å². The second kappa shape index (κ2) is 20.7. The molecule has 0 rings (SSSR count). The summed E-state index contributed by atoms with van der Waals surface area (Å²) in [6.45, 7) is 25.5. The molecule has 0 fully saturated rings. The van der Waals surface area contributed by atoms with Crippen molar-refractivity contribution in [3.63, 3.8) is 0 Å². The van der Waals surface area contributed by atoms with Crippen LogP contribution in [0.3, 0.4) is 0 Å². The van der Waals surface area contributed by atoms with Gasteiger partial charge in [0, 0.05) is 56.5 Å². The van der Waals surface area contributed by atoms with E-state index in [1.165, 1.54) is 4.90 Å². The normalized spacial score (nSPS) is 10.1. The predicted molar refractivity (Wildman–Crippen MR) is 154 cm³/mol. The molecule has 0 unspecified atom stereocenters. The first-order valence-electron chi connectivity index (χ1n) is 12.8. The molecule has 10 heteroatoms. The molecule has 0 bridgehead atoms. The lowest BCUT2D eigenvalue weighted by Crippen LogP contribution is -2.31. The third-order valence-corrected chi connectivity index (χ3v) is 5.12. The van der Waals surface area contributed by atoms with Gasteiger partial charge in [-0.05, 0) is 47.5 Å². The fourth-order valence-corrected chi connectivity index (χ4v) is 2.83. The Bertz CT molecular complexity index is 842. The fraction of sp³-hybridized carbons (Fsp3) is 0.586. The minimum Gasteiger partial charge on any atom is -0.460 e. The van der Waals surface area contributed by atoms with Gasteiger partial charge in [-0.2, -0.15) is 0 Å². The van der Waals surface area contributed by atoms with Crippen molar-refractivity contribution in [3.05, 3.63) is 48.6 Å². The van der Waals surface area contributed by atoms with Gasteiger partial charge in [-0.25, -0.2) is 4.79 Å². The van der Waals surface area contributed by atoms with Gasteiger partial charge >= 0.3 is 5.97 Å². The zero-order valence-electron chi connectivity index (χ0n) is 25.3. The Balaban J connectivity index is 0. The first kappa shape index (κ1) is 37.9. The molecule has 222 valence electrons. The molecule has 0 saturated carbocycles. The van der Waals surface area contributed by atoms with E-state index in [0.29, 0.717) is 55.1 Å². The van der Waals surface area contributed by atoms with Crippen molar-refractivity contribution in [3.8, 4) is 0 Å². The predicted octanol–water partition coefficient (Wildman–Crippen LogP) is 3.36. The van der Waals surface area contributed by atoms with Crippen LogP contribution in [0.1, 0.15) is 47.5 Å². The maximum absolute atomic E-state index is 11.6. The third-order valence-electron chi connectivity index (χ3n) is 5.12. The van der Waals surface area contributed by atoms with Gasteiger partial charge in [0.15, 0.2) is 6.29 Å². The number of rotatable bonds is 17. The molecule has 10 nitrogen and oxygen atoms in total. The van der Waals surface area contributed by atoms with E-state index in [1.54, 1.807) is 58.6 Å². The van der Waals surface area contributed by atoms with Crippen LogP contribution in [0.4, 0.5) is 0 Å². The molecule has 0 aliphatic carbocycles. The van der Waals surface area contributed by atoms with E-state index in [0.717, 1.165) is 12.8 Å². The maximum Gasteiger partial charge on any atom is 0.333 e. The van der Waals surface area contributed by atoms with Crippen LogP contribution in [-0.4, -0.2) is 105 Å². The summed E-state index contributed by atoms with van der Waals surface area (Å²) >= 11 is 0. The number of esters is 1. The van der Waals surface area contributed by atoms with Crippen LogP contribution in [-0.2, 0) is 33.4 Å². The van der Waals surface area contributed by atoms with Crippen molar-refractivity contribution in [2.24, 2.45) is 0 Å². The first-order valence-corrected chi connectivity index (χ1v) is 12.8. The molecule has 0 aliphatic rings. The molecule has 0 radical (unpaired) electrons. The molecule has 0 aromatic rings. The molecule has 0 aromatic carbocycles. The smallest absolute Gasteiger partial charge is 0.333 e. The lowest BCUT2D eigenvalue weighted by molar-refractivity contribution is -0.140. The monoisotopic (exact) mass is 551 g/mol. The summed E-state index contributed by atoms with van der Waals surface area (Å²) in [7, 11) is 5.13. The van der Waals surface area contributed by atoms with E-state index in [1.807, 2.05) is 6.92 Å². The Morgan fingerprint density at radius 1 is 0.590 bits per heavy atom. The van der Waals surface area contributed by atoms with Crippen LogP contribution in [0.15, 0.2) is 48.6 Å². The summed E-state index contributed by atoms with van der Waals surface area (Å²) in [6.07, 6.45) is 1.16. The number of carbonyl (C=O) groups is 4. The Hall–Kier alpha value is -3.24. The molecular formula is C29H49N3O7. The number of carbonyl (C=O) groups excluding carboxylic acids is 4. The zero-order valence-corrected chi connectivity index (χ0v) is 25.3. The largest absolute Gasteiger partial charge is 0.460 e. The lowest BCUT2D eigenvalue weighted by Gasteiger charge is -2.19. The molecule has 0 aliphatic heterocycles. The van der Waals surface area contributed by atoms with E-state index < -0.39 is 5.97 Å². The van der Waals surface area contributed by atoms with Crippen molar-refractivity contribution in [2.45, 2.75) is 53.8 Å². The molecule has 3 amide bonds. The average molecular weight is 552 g/mol. The second-order valence-corrected chi connectivity index (χ2v) is 9.45.